The van der Waals surface area contributed by atoms with Crippen LogP contribution in [0.2, 0.25) is 0 Å². The van der Waals surface area contributed by atoms with Crippen LogP contribution in [0.4, 0.5) is 5.13 Å². The number of thiazole rings is 1. The maximum Gasteiger partial charge on any atom is 0.245 e. The number of ether oxygens (including phenoxy) is 1. The number of aromatic nitrogens is 1. The number of benzene rings is 1. The number of amides is 1. The monoisotopic (exact) mass is 378 g/mol. The van der Waals surface area contributed by atoms with Crippen molar-refractivity contribution in [2.45, 2.75) is 38.8 Å². The molecule has 0 aliphatic carbocycles. The van der Waals surface area contributed by atoms with Crippen LogP contribution in [0, 0.1) is 0 Å². The molecule has 1 fully saturated rings. The van der Waals surface area contributed by atoms with Crippen LogP contribution in [-0.2, 0) is 4.79 Å². The van der Waals surface area contributed by atoms with Crippen LogP contribution >= 0.6 is 23.6 Å². The van der Waals surface area contributed by atoms with Crippen molar-refractivity contribution < 1.29 is 9.53 Å². The van der Waals surface area contributed by atoms with Crippen molar-refractivity contribution in [3.63, 3.8) is 0 Å². The lowest BCUT2D eigenvalue weighted by Crippen LogP contribution is -2.61. The second-order valence-corrected chi connectivity index (χ2v) is 8.31. The summed E-state index contributed by atoms with van der Waals surface area (Å²) in [7, 11) is 1.63. The predicted octanol–water partition coefficient (Wildman–Crippen LogP) is 2.99. The van der Waals surface area contributed by atoms with Crippen molar-refractivity contribution in [1.82, 2.24) is 15.2 Å². The second kappa shape index (κ2) is 6.76. The third-order valence-electron chi connectivity index (χ3n) is 4.20. The van der Waals surface area contributed by atoms with E-state index in [1.54, 1.807) is 7.11 Å². The molecule has 1 aliphatic rings. The van der Waals surface area contributed by atoms with Gasteiger partial charge in [-0.15, -0.1) is 0 Å². The molecule has 0 spiro atoms. The van der Waals surface area contributed by atoms with Crippen molar-refractivity contribution in [1.29, 1.82) is 0 Å². The minimum Gasteiger partial charge on any atom is -0.497 e. The molecule has 134 valence electrons. The summed E-state index contributed by atoms with van der Waals surface area (Å²) in [4.78, 5) is 18.8. The highest BCUT2D eigenvalue weighted by atomic mass is 32.1. The Kier molecular flexibility index (Phi) is 4.83. The number of hydrogen-bond donors (Lipinski definition) is 2. The van der Waals surface area contributed by atoms with E-state index < -0.39 is 0 Å². The van der Waals surface area contributed by atoms with Gasteiger partial charge in [0.2, 0.25) is 5.91 Å². The van der Waals surface area contributed by atoms with E-state index in [2.05, 4.69) is 36.4 Å². The van der Waals surface area contributed by atoms with E-state index in [0.29, 0.717) is 10.2 Å². The summed E-state index contributed by atoms with van der Waals surface area (Å²) in [5.41, 5.74) is 0.793. The van der Waals surface area contributed by atoms with Crippen molar-refractivity contribution >= 4 is 49.9 Å². The van der Waals surface area contributed by atoms with Crippen LogP contribution < -0.4 is 15.4 Å². The first-order valence-electron chi connectivity index (χ1n) is 8.10. The summed E-state index contributed by atoms with van der Waals surface area (Å²) < 4.78 is 6.19. The van der Waals surface area contributed by atoms with E-state index in [1.165, 1.54) is 11.3 Å². The van der Waals surface area contributed by atoms with Crippen LogP contribution in [0.25, 0.3) is 10.2 Å². The molecule has 1 aromatic carbocycles. The largest absolute Gasteiger partial charge is 0.497 e. The molecule has 0 bridgehead atoms. The van der Waals surface area contributed by atoms with Crippen molar-refractivity contribution in [2.75, 3.05) is 19.0 Å². The number of methoxy groups -OCH3 is 1. The van der Waals surface area contributed by atoms with E-state index >= 15 is 0 Å². The highest BCUT2D eigenvalue weighted by Gasteiger charge is 2.33. The van der Waals surface area contributed by atoms with Crippen molar-refractivity contribution in [3.8, 4) is 5.75 Å². The van der Waals surface area contributed by atoms with Crippen LogP contribution in [0.5, 0.6) is 5.75 Å². The molecule has 1 aromatic heterocycles. The standard InChI is InChI=1S/C17H22N4O2S2/c1-10-8-17(2,3)20-16(24)21(10)9-14(22)19-15-18-12-6-5-11(23-4)7-13(12)25-15/h5-7,10H,8-9H2,1-4H3,(H,20,24)(H,18,19,22)/t10-/m1/s1. The topological polar surface area (TPSA) is 66.5 Å². The van der Waals surface area contributed by atoms with Gasteiger partial charge in [-0.25, -0.2) is 4.98 Å². The summed E-state index contributed by atoms with van der Waals surface area (Å²) in [6, 6.07) is 5.86. The van der Waals surface area contributed by atoms with Gasteiger partial charge in [-0.1, -0.05) is 11.3 Å². The Labute approximate surface area is 156 Å². The molecule has 2 heterocycles. The molecule has 3 rings (SSSR count). The van der Waals surface area contributed by atoms with E-state index in [1.807, 2.05) is 23.1 Å². The van der Waals surface area contributed by atoms with Gasteiger partial charge in [0.25, 0.3) is 0 Å². The zero-order valence-electron chi connectivity index (χ0n) is 14.8. The highest BCUT2D eigenvalue weighted by molar-refractivity contribution is 7.80. The Morgan fingerprint density at radius 2 is 2.32 bits per heavy atom. The number of nitrogens with one attached hydrogen (secondary N) is 2. The number of carbonyl (C=O) groups excluding carboxylic acids is 1. The number of hydrogen-bond acceptors (Lipinski definition) is 5. The van der Waals surface area contributed by atoms with Gasteiger partial charge >= 0.3 is 0 Å². The molecule has 2 N–H and O–H groups in total. The minimum absolute atomic E-state index is 0.0461. The Bertz CT molecular complexity index is 818. The number of carbonyl (C=O) groups is 1. The molecule has 1 atom stereocenters. The van der Waals surface area contributed by atoms with E-state index in [0.717, 1.165) is 22.4 Å². The lowest BCUT2D eigenvalue weighted by Gasteiger charge is -2.44. The molecule has 0 saturated carbocycles. The molecule has 0 radical (unpaired) electrons. The van der Waals surface area contributed by atoms with E-state index in [9.17, 15) is 4.79 Å². The normalized spacial score (nSPS) is 19.6. The fraction of sp³-hybridized carbons (Fsp3) is 0.471. The third kappa shape index (κ3) is 4.01. The fourth-order valence-corrected chi connectivity index (χ4v) is 4.52. The molecule has 1 amide bonds. The first-order valence-corrected chi connectivity index (χ1v) is 9.33. The molecule has 8 heteroatoms. The second-order valence-electron chi connectivity index (χ2n) is 6.90. The summed E-state index contributed by atoms with van der Waals surface area (Å²) in [5.74, 6) is 0.650. The first kappa shape index (κ1) is 17.9. The Morgan fingerprint density at radius 1 is 1.56 bits per heavy atom. The summed E-state index contributed by atoms with van der Waals surface area (Å²) in [5, 5.41) is 7.37. The quantitative estimate of drug-likeness (QED) is 0.798. The SMILES string of the molecule is COc1ccc2nc(NC(=O)CN3C(=S)NC(C)(C)C[C@H]3C)sc2c1. The maximum absolute atomic E-state index is 12.4. The Balaban J connectivity index is 1.67. The molecule has 25 heavy (non-hydrogen) atoms. The zero-order chi connectivity index (χ0) is 18.2. The molecule has 1 aliphatic heterocycles. The third-order valence-corrected chi connectivity index (χ3v) is 5.47. The minimum atomic E-state index is -0.123. The summed E-state index contributed by atoms with van der Waals surface area (Å²) >= 11 is 6.85. The zero-order valence-corrected chi connectivity index (χ0v) is 16.4. The molecule has 2 aromatic rings. The van der Waals surface area contributed by atoms with Crippen molar-refractivity contribution in [2.24, 2.45) is 0 Å². The molecular formula is C17H22N4O2S2. The van der Waals surface area contributed by atoms with Crippen LogP contribution in [0.15, 0.2) is 18.2 Å². The van der Waals surface area contributed by atoms with Crippen LogP contribution in [0.1, 0.15) is 27.2 Å². The Morgan fingerprint density at radius 3 is 3.00 bits per heavy atom. The summed E-state index contributed by atoms with van der Waals surface area (Å²) in [6.07, 6.45) is 0.918. The van der Waals surface area contributed by atoms with Gasteiger partial charge in [-0.2, -0.15) is 0 Å². The highest BCUT2D eigenvalue weighted by Crippen LogP contribution is 2.29. The molecule has 0 unspecified atom stereocenters. The lowest BCUT2D eigenvalue weighted by molar-refractivity contribution is -0.117. The number of rotatable bonds is 4. The average molecular weight is 379 g/mol. The van der Waals surface area contributed by atoms with Crippen LogP contribution in [0.3, 0.4) is 0 Å². The van der Waals surface area contributed by atoms with Gasteiger partial charge in [0.1, 0.15) is 5.75 Å². The predicted molar refractivity (Wildman–Crippen MR) is 105 cm³/mol. The van der Waals surface area contributed by atoms with Crippen LogP contribution in [-0.4, -0.2) is 46.1 Å². The van der Waals surface area contributed by atoms with Gasteiger partial charge < -0.3 is 20.3 Å². The van der Waals surface area contributed by atoms with Gasteiger partial charge in [0.05, 0.1) is 23.9 Å². The summed E-state index contributed by atoms with van der Waals surface area (Å²) in [6.45, 7) is 6.53. The van der Waals surface area contributed by atoms with E-state index in [-0.39, 0.29) is 24.0 Å². The fourth-order valence-electron chi connectivity index (χ4n) is 3.09. The molecule has 1 saturated heterocycles. The van der Waals surface area contributed by atoms with Crippen molar-refractivity contribution in [3.05, 3.63) is 18.2 Å². The van der Waals surface area contributed by atoms with Gasteiger partial charge in [0, 0.05) is 11.6 Å². The maximum atomic E-state index is 12.4. The van der Waals surface area contributed by atoms with Gasteiger partial charge in [-0.05, 0) is 57.6 Å². The molecule has 6 nitrogen and oxygen atoms in total. The molecular weight excluding hydrogens is 356 g/mol. The number of fused-ring (bicyclic) bond motifs is 1. The number of thiocarbonyl (C=S) groups is 1. The van der Waals surface area contributed by atoms with Gasteiger partial charge in [0.15, 0.2) is 10.2 Å². The lowest BCUT2D eigenvalue weighted by atomic mass is 9.93. The number of anilines is 1. The first-order chi connectivity index (χ1) is 11.8. The number of nitrogens with zero attached hydrogens (tertiary/aromatic N) is 2. The van der Waals surface area contributed by atoms with E-state index in [4.69, 9.17) is 17.0 Å². The smallest absolute Gasteiger partial charge is 0.245 e. The van der Waals surface area contributed by atoms with Gasteiger partial charge in [-0.3, -0.25) is 4.79 Å². The average Bonchev–Trinajstić information content (AvgIpc) is 2.91. The Hall–Kier alpha value is -1.93.